The average molecular weight is 339 g/mol. The Morgan fingerprint density at radius 2 is 2.05 bits per heavy atom. The highest BCUT2D eigenvalue weighted by atomic mass is 79.9. The Hall–Kier alpha value is -0.870. The van der Waals surface area contributed by atoms with Crippen molar-refractivity contribution in [3.63, 3.8) is 0 Å². The van der Waals surface area contributed by atoms with Crippen LogP contribution in [0.15, 0.2) is 22.7 Å². The van der Waals surface area contributed by atoms with Crippen LogP contribution in [0.3, 0.4) is 0 Å². The highest BCUT2D eigenvalue weighted by Gasteiger charge is 2.17. The van der Waals surface area contributed by atoms with Crippen LogP contribution in [0.2, 0.25) is 0 Å². The lowest BCUT2D eigenvalue weighted by Gasteiger charge is -2.32. The molecule has 1 saturated heterocycles. The number of carbonyl (C=O) groups is 1. The van der Waals surface area contributed by atoms with Crippen LogP contribution < -0.4 is 5.32 Å². The summed E-state index contributed by atoms with van der Waals surface area (Å²) < 4.78 is 0.942. The number of hydrogen-bond donors (Lipinski definition) is 1. The maximum Gasteiger partial charge on any atom is 0.251 e. The molecule has 0 aromatic heterocycles. The van der Waals surface area contributed by atoms with Gasteiger partial charge in [-0.05, 0) is 57.5 Å². The summed E-state index contributed by atoms with van der Waals surface area (Å²) in [5.41, 5.74) is 1.77. The molecule has 0 spiro atoms. The number of amides is 1. The van der Waals surface area contributed by atoms with Crippen molar-refractivity contribution in [2.45, 2.75) is 39.2 Å². The van der Waals surface area contributed by atoms with E-state index in [0.29, 0.717) is 12.6 Å². The van der Waals surface area contributed by atoms with Gasteiger partial charge in [0.2, 0.25) is 0 Å². The number of rotatable bonds is 4. The Balaban J connectivity index is 1.89. The van der Waals surface area contributed by atoms with Gasteiger partial charge in [0, 0.05) is 22.6 Å². The first-order valence-electron chi connectivity index (χ1n) is 7.36. The van der Waals surface area contributed by atoms with E-state index in [4.69, 9.17) is 0 Å². The predicted molar refractivity (Wildman–Crippen MR) is 86.1 cm³/mol. The molecule has 0 radical (unpaired) electrons. The quantitative estimate of drug-likeness (QED) is 0.912. The molecular weight excluding hydrogens is 316 g/mol. The van der Waals surface area contributed by atoms with Gasteiger partial charge in [0.15, 0.2) is 0 Å². The highest BCUT2D eigenvalue weighted by Crippen LogP contribution is 2.16. The van der Waals surface area contributed by atoms with Gasteiger partial charge in [-0.25, -0.2) is 0 Å². The SMILES string of the molecule is Cc1ccc(Br)cc1C(=O)NCC(C)N1CCCCC1. The third-order valence-corrected chi connectivity index (χ3v) is 4.51. The van der Waals surface area contributed by atoms with Gasteiger partial charge in [0.1, 0.15) is 0 Å². The summed E-state index contributed by atoms with van der Waals surface area (Å²) in [5, 5.41) is 3.06. The molecule has 1 heterocycles. The molecule has 1 aromatic rings. The van der Waals surface area contributed by atoms with Gasteiger partial charge in [0.25, 0.3) is 5.91 Å². The summed E-state index contributed by atoms with van der Waals surface area (Å²) in [6.45, 7) is 7.19. The molecule has 20 heavy (non-hydrogen) atoms. The second-order valence-corrected chi connectivity index (χ2v) is 6.53. The van der Waals surface area contributed by atoms with Gasteiger partial charge >= 0.3 is 0 Å². The summed E-state index contributed by atoms with van der Waals surface area (Å²) in [6, 6.07) is 6.22. The minimum absolute atomic E-state index is 0.0210. The van der Waals surface area contributed by atoms with Crippen molar-refractivity contribution >= 4 is 21.8 Å². The molecule has 0 aliphatic carbocycles. The van der Waals surface area contributed by atoms with Crippen molar-refractivity contribution in [1.29, 1.82) is 0 Å². The molecule has 1 amide bonds. The van der Waals surface area contributed by atoms with Gasteiger partial charge in [-0.2, -0.15) is 0 Å². The molecular formula is C16H23BrN2O. The molecule has 1 aliphatic heterocycles. The van der Waals surface area contributed by atoms with Crippen LogP contribution in [-0.2, 0) is 0 Å². The van der Waals surface area contributed by atoms with E-state index in [0.717, 1.165) is 28.7 Å². The summed E-state index contributed by atoms with van der Waals surface area (Å²) >= 11 is 3.42. The number of aryl methyl sites for hydroxylation is 1. The van der Waals surface area contributed by atoms with Crippen molar-refractivity contribution < 1.29 is 4.79 Å². The van der Waals surface area contributed by atoms with Crippen LogP contribution in [0.1, 0.15) is 42.1 Å². The lowest BCUT2D eigenvalue weighted by molar-refractivity contribution is 0.0929. The van der Waals surface area contributed by atoms with Crippen molar-refractivity contribution in [2.75, 3.05) is 19.6 Å². The van der Waals surface area contributed by atoms with Gasteiger partial charge < -0.3 is 5.32 Å². The third-order valence-electron chi connectivity index (χ3n) is 4.02. The topological polar surface area (TPSA) is 32.3 Å². The highest BCUT2D eigenvalue weighted by molar-refractivity contribution is 9.10. The summed E-state index contributed by atoms with van der Waals surface area (Å²) in [5.74, 6) is 0.0210. The van der Waals surface area contributed by atoms with Crippen LogP contribution in [0.4, 0.5) is 0 Å². The van der Waals surface area contributed by atoms with Gasteiger partial charge in [-0.1, -0.05) is 28.4 Å². The molecule has 1 aliphatic rings. The zero-order valence-corrected chi connectivity index (χ0v) is 13.9. The molecule has 0 bridgehead atoms. The molecule has 4 heteroatoms. The van der Waals surface area contributed by atoms with E-state index < -0.39 is 0 Å². The summed E-state index contributed by atoms with van der Waals surface area (Å²) in [4.78, 5) is 14.7. The second-order valence-electron chi connectivity index (χ2n) is 5.61. The zero-order valence-electron chi connectivity index (χ0n) is 12.3. The minimum Gasteiger partial charge on any atom is -0.350 e. The molecule has 1 atom stereocenters. The van der Waals surface area contributed by atoms with Crippen molar-refractivity contribution in [2.24, 2.45) is 0 Å². The van der Waals surface area contributed by atoms with E-state index in [1.54, 1.807) is 0 Å². The number of nitrogens with zero attached hydrogens (tertiary/aromatic N) is 1. The summed E-state index contributed by atoms with van der Waals surface area (Å²) in [7, 11) is 0. The number of nitrogens with one attached hydrogen (secondary N) is 1. The van der Waals surface area contributed by atoms with Crippen molar-refractivity contribution in [1.82, 2.24) is 10.2 Å². The van der Waals surface area contributed by atoms with Gasteiger partial charge in [-0.3, -0.25) is 9.69 Å². The molecule has 1 N–H and O–H groups in total. The van der Waals surface area contributed by atoms with Crippen molar-refractivity contribution in [3.8, 4) is 0 Å². The number of likely N-dealkylation sites (tertiary alicyclic amines) is 1. The van der Waals surface area contributed by atoms with E-state index in [2.05, 4.69) is 33.1 Å². The van der Waals surface area contributed by atoms with Crippen LogP contribution >= 0.6 is 15.9 Å². The lowest BCUT2D eigenvalue weighted by atomic mass is 10.1. The van der Waals surface area contributed by atoms with Crippen LogP contribution in [-0.4, -0.2) is 36.5 Å². The zero-order chi connectivity index (χ0) is 14.5. The fourth-order valence-corrected chi connectivity index (χ4v) is 3.02. The average Bonchev–Trinajstić information content (AvgIpc) is 2.47. The van der Waals surface area contributed by atoms with Crippen LogP contribution in [0.25, 0.3) is 0 Å². The first-order chi connectivity index (χ1) is 9.58. The Bertz CT molecular complexity index is 470. The maximum atomic E-state index is 12.3. The number of benzene rings is 1. The fourth-order valence-electron chi connectivity index (χ4n) is 2.66. The molecule has 1 aromatic carbocycles. The Morgan fingerprint density at radius 3 is 2.75 bits per heavy atom. The number of piperidine rings is 1. The standard InChI is InChI=1S/C16H23BrN2O/c1-12-6-7-14(17)10-15(12)16(20)18-11-13(2)19-8-4-3-5-9-19/h6-7,10,13H,3-5,8-9,11H2,1-2H3,(H,18,20). The molecule has 3 nitrogen and oxygen atoms in total. The third kappa shape index (κ3) is 4.06. The minimum atomic E-state index is 0.0210. The molecule has 1 fully saturated rings. The van der Waals surface area contributed by atoms with Gasteiger partial charge in [0.05, 0.1) is 0 Å². The van der Waals surface area contributed by atoms with E-state index in [1.165, 1.54) is 19.3 Å². The Labute approximate surface area is 129 Å². The lowest BCUT2D eigenvalue weighted by Crippen LogP contribution is -2.44. The molecule has 0 saturated carbocycles. The van der Waals surface area contributed by atoms with Crippen molar-refractivity contribution in [3.05, 3.63) is 33.8 Å². The van der Waals surface area contributed by atoms with E-state index in [9.17, 15) is 4.79 Å². The normalized spacial score (nSPS) is 17.8. The predicted octanol–water partition coefficient (Wildman–Crippen LogP) is 3.36. The molecule has 1 unspecified atom stereocenters. The first-order valence-corrected chi connectivity index (χ1v) is 8.15. The second kappa shape index (κ2) is 7.23. The monoisotopic (exact) mass is 338 g/mol. The number of halogens is 1. The van der Waals surface area contributed by atoms with Crippen LogP contribution in [0, 0.1) is 6.92 Å². The number of carbonyl (C=O) groups excluding carboxylic acids is 1. The first kappa shape index (κ1) is 15.5. The van der Waals surface area contributed by atoms with E-state index in [-0.39, 0.29) is 5.91 Å². The number of hydrogen-bond acceptors (Lipinski definition) is 2. The Kier molecular flexibility index (Phi) is 5.61. The van der Waals surface area contributed by atoms with Crippen LogP contribution in [0.5, 0.6) is 0 Å². The molecule has 2 rings (SSSR count). The maximum absolute atomic E-state index is 12.3. The van der Waals surface area contributed by atoms with E-state index >= 15 is 0 Å². The Morgan fingerprint density at radius 1 is 1.35 bits per heavy atom. The fraction of sp³-hybridized carbons (Fsp3) is 0.562. The molecule has 110 valence electrons. The van der Waals surface area contributed by atoms with Gasteiger partial charge in [-0.15, -0.1) is 0 Å². The largest absolute Gasteiger partial charge is 0.350 e. The summed E-state index contributed by atoms with van der Waals surface area (Å²) in [6.07, 6.45) is 3.90. The smallest absolute Gasteiger partial charge is 0.251 e. The van der Waals surface area contributed by atoms with E-state index in [1.807, 2.05) is 25.1 Å².